The van der Waals surface area contributed by atoms with Crippen LogP contribution in [0.1, 0.15) is 90.5 Å². The molecule has 2 aromatic rings. The number of cyclic esters (lactones) is 1. The van der Waals surface area contributed by atoms with Crippen molar-refractivity contribution in [2.75, 3.05) is 0 Å². The summed E-state index contributed by atoms with van der Waals surface area (Å²) >= 11 is 0. The molecule has 1 aliphatic carbocycles. The van der Waals surface area contributed by atoms with E-state index in [4.69, 9.17) is 4.74 Å². The smallest absolute Gasteiger partial charge is 0.416 e. The normalized spacial score (nSPS) is 24.0. The van der Waals surface area contributed by atoms with Gasteiger partial charge >= 0.3 is 24.6 Å². The summed E-state index contributed by atoms with van der Waals surface area (Å²) in [6.07, 6.45) is -11.4. The van der Waals surface area contributed by atoms with Gasteiger partial charge in [-0.1, -0.05) is 12.1 Å². The Kier molecular flexibility index (Phi) is 7.11. The van der Waals surface area contributed by atoms with Gasteiger partial charge in [-0.2, -0.15) is 39.5 Å². The standard InChI is InChI=1S/C28H24F9NO2/c29-26(30,31)17-9-10-20(15-5-2-1-3-6-15)21(14-17)22-7-4-8-23-24(40-25(39)38(22)23)16-11-18(27(32,33)34)13-19(12-16)28(35,36)37/h5,9-14,22-24H,1-4,6-8H2/t22-,23-,24+/m0/s1. The van der Waals surface area contributed by atoms with E-state index in [1.807, 2.05) is 6.08 Å². The Morgan fingerprint density at radius 1 is 0.750 bits per heavy atom. The minimum atomic E-state index is -5.09. The van der Waals surface area contributed by atoms with E-state index in [2.05, 4.69) is 0 Å². The number of hydrogen-bond acceptors (Lipinski definition) is 2. The van der Waals surface area contributed by atoms with Crippen LogP contribution in [0.3, 0.4) is 0 Å². The molecule has 1 amide bonds. The van der Waals surface area contributed by atoms with Gasteiger partial charge in [0.1, 0.15) is 6.10 Å². The third kappa shape index (κ3) is 5.41. The number of piperidine rings is 1. The van der Waals surface area contributed by atoms with Crippen LogP contribution in [0, 0.1) is 0 Å². The fourth-order valence-electron chi connectivity index (χ4n) is 5.97. The average Bonchev–Trinajstić information content (AvgIpc) is 3.24. The second-order valence-corrected chi connectivity index (χ2v) is 10.3. The van der Waals surface area contributed by atoms with Crippen LogP contribution in [0.5, 0.6) is 0 Å². The molecule has 5 rings (SSSR count). The summed E-state index contributed by atoms with van der Waals surface area (Å²) < 4.78 is 127. The lowest BCUT2D eigenvalue weighted by Crippen LogP contribution is -2.41. The van der Waals surface area contributed by atoms with Crippen molar-refractivity contribution in [2.24, 2.45) is 0 Å². The van der Waals surface area contributed by atoms with E-state index in [0.717, 1.165) is 37.0 Å². The minimum absolute atomic E-state index is 0.00543. The van der Waals surface area contributed by atoms with E-state index in [1.54, 1.807) is 0 Å². The van der Waals surface area contributed by atoms with Crippen LogP contribution in [0.2, 0.25) is 0 Å². The zero-order valence-corrected chi connectivity index (χ0v) is 20.9. The number of carbonyl (C=O) groups is 1. The monoisotopic (exact) mass is 577 g/mol. The van der Waals surface area contributed by atoms with Crippen LogP contribution in [0.15, 0.2) is 42.5 Å². The van der Waals surface area contributed by atoms with E-state index in [0.29, 0.717) is 30.5 Å². The van der Waals surface area contributed by atoms with Gasteiger partial charge in [0.05, 0.1) is 28.8 Å². The number of nitrogens with zero attached hydrogens (tertiary/aromatic N) is 1. The van der Waals surface area contributed by atoms with Crippen molar-refractivity contribution in [3.8, 4) is 0 Å². The van der Waals surface area contributed by atoms with Gasteiger partial charge in [0.15, 0.2) is 0 Å². The molecule has 216 valence electrons. The molecule has 3 nitrogen and oxygen atoms in total. The first-order valence-electron chi connectivity index (χ1n) is 12.8. The summed E-state index contributed by atoms with van der Waals surface area (Å²) in [6, 6.07) is 2.54. The predicted octanol–water partition coefficient (Wildman–Crippen LogP) is 9.49. The van der Waals surface area contributed by atoms with Crippen molar-refractivity contribution in [3.63, 3.8) is 0 Å². The Balaban J connectivity index is 1.58. The Morgan fingerprint density at radius 2 is 1.40 bits per heavy atom. The highest BCUT2D eigenvalue weighted by Crippen LogP contribution is 2.49. The van der Waals surface area contributed by atoms with Gasteiger partial charge in [0, 0.05) is 0 Å². The van der Waals surface area contributed by atoms with Gasteiger partial charge in [0.25, 0.3) is 0 Å². The lowest BCUT2D eigenvalue weighted by Gasteiger charge is -2.38. The molecule has 0 saturated carbocycles. The molecule has 0 N–H and O–H groups in total. The summed E-state index contributed by atoms with van der Waals surface area (Å²) in [7, 11) is 0. The number of ether oxygens (including phenoxy) is 1. The van der Waals surface area contributed by atoms with E-state index >= 15 is 0 Å². The average molecular weight is 577 g/mol. The molecule has 0 aromatic heterocycles. The maximum absolute atomic E-state index is 13.7. The summed E-state index contributed by atoms with van der Waals surface area (Å²) in [4.78, 5) is 14.3. The number of halogens is 9. The highest BCUT2D eigenvalue weighted by atomic mass is 19.4. The van der Waals surface area contributed by atoms with Crippen LogP contribution >= 0.6 is 0 Å². The molecule has 3 aliphatic rings. The summed E-state index contributed by atoms with van der Waals surface area (Å²) in [5, 5.41) is 0. The number of allylic oxidation sites excluding steroid dienone is 2. The second kappa shape index (κ2) is 10.0. The number of carbonyl (C=O) groups excluding carboxylic acids is 1. The van der Waals surface area contributed by atoms with Crippen molar-refractivity contribution < 1.29 is 49.0 Å². The van der Waals surface area contributed by atoms with Crippen LogP contribution in [-0.2, 0) is 23.3 Å². The maximum Gasteiger partial charge on any atom is 0.416 e. The van der Waals surface area contributed by atoms with Gasteiger partial charge in [-0.05, 0) is 97.5 Å². The largest absolute Gasteiger partial charge is 0.439 e. The Hall–Kier alpha value is -3.18. The minimum Gasteiger partial charge on any atom is -0.439 e. The number of alkyl halides is 9. The molecule has 0 radical (unpaired) electrons. The predicted molar refractivity (Wildman–Crippen MR) is 126 cm³/mol. The summed E-state index contributed by atoms with van der Waals surface area (Å²) in [5.41, 5.74) is -2.83. The van der Waals surface area contributed by atoms with E-state index in [-0.39, 0.29) is 24.5 Å². The molecule has 2 aromatic carbocycles. The second-order valence-electron chi connectivity index (χ2n) is 10.3. The van der Waals surface area contributed by atoms with Crippen LogP contribution in [0.25, 0.3) is 5.57 Å². The highest BCUT2D eigenvalue weighted by Gasteiger charge is 2.50. The molecule has 0 spiro atoms. The molecule has 3 atom stereocenters. The van der Waals surface area contributed by atoms with Crippen molar-refractivity contribution in [1.82, 2.24) is 4.90 Å². The van der Waals surface area contributed by atoms with E-state index in [9.17, 15) is 44.3 Å². The zero-order chi connectivity index (χ0) is 29.0. The molecular formula is C28H24F9NO2. The SMILES string of the molecule is O=C1O[C@H](c2cc(C(F)(F)F)cc(C(F)(F)F)c2)[C@@H]2CCC[C@@H](c3cc(C(F)(F)F)ccc3C3=CCCCC3)N12. The lowest BCUT2D eigenvalue weighted by molar-refractivity contribution is -0.143. The summed E-state index contributed by atoms with van der Waals surface area (Å²) in [6.45, 7) is 0. The zero-order valence-electron chi connectivity index (χ0n) is 20.9. The van der Waals surface area contributed by atoms with Gasteiger partial charge < -0.3 is 4.74 Å². The topological polar surface area (TPSA) is 29.5 Å². The van der Waals surface area contributed by atoms with Crippen molar-refractivity contribution in [3.05, 3.63) is 75.9 Å². The van der Waals surface area contributed by atoms with Gasteiger partial charge in [0.2, 0.25) is 0 Å². The number of rotatable bonds is 3. The number of hydrogen-bond donors (Lipinski definition) is 0. The molecule has 0 unspecified atom stereocenters. The molecule has 0 bridgehead atoms. The maximum atomic E-state index is 13.7. The van der Waals surface area contributed by atoms with E-state index in [1.165, 1.54) is 11.0 Å². The first-order chi connectivity index (χ1) is 18.6. The van der Waals surface area contributed by atoms with Crippen LogP contribution < -0.4 is 0 Å². The molecule has 2 aliphatic heterocycles. The number of amides is 1. The van der Waals surface area contributed by atoms with Gasteiger partial charge in [-0.15, -0.1) is 0 Å². The van der Waals surface area contributed by atoms with Gasteiger partial charge in [-0.25, -0.2) is 4.79 Å². The number of fused-ring (bicyclic) bond motifs is 1. The first kappa shape index (κ1) is 28.4. The Labute approximate surface area is 223 Å². The third-order valence-electron chi connectivity index (χ3n) is 7.77. The number of benzene rings is 2. The van der Waals surface area contributed by atoms with Crippen molar-refractivity contribution in [1.29, 1.82) is 0 Å². The molecule has 2 heterocycles. The molecule has 2 saturated heterocycles. The van der Waals surface area contributed by atoms with Crippen molar-refractivity contribution in [2.45, 2.75) is 81.7 Å². The van der Waals surface area contributed by atoms with Gasteiger partial charge in [-0.3, -0.25) is 4.90 Å². The molecular weight excluding hydrogens is 553 g/mol. The molecule has 12 heteroatoms. The first-order valence-corrected chi connectivity index (χ1v) is 12.8. The Morgan fingerprint density at radius 3 is 1.98 bits per heavy atom. The van der Waals surface area contributed by atoms with E-state index < -0.39 is 65.1 Å². The third-order valence-corrected chi connectivity index (χ3v) is 7.77. The van der Waals surface area contributed by atoms with Crippen molar-refractivity contribution >= 4 is 11.7 Å². The fourth-order valence-corrected chi connectivity index (χ4v) is 5.97. The van der Waals surface area contributed by atoms with Crippen LogP contribution in [-0.4, -0.2) is 17.0 Å². The highest BCUT2D eigenvalue weighted by molar-refractivity contribution is 5.74. The summed E-state index contributed by atoms with van der Waals surface area (Å²) in [5.74, 6) is 0. The molecule has 40 heavy (non-hydrogen) atoms. The lowest BCUT2D eigenvalue weighted by atomic mass is 9.82. The molecule has 2 fully saturated rings. The quantitative estimate of drug-likeness (QED) is 0.340. The van der Waals surface area contributed by atoms with Crippen LogP contribution in [0.4, 0.5) is 44.3 Å². The Bertz CT molecular complexity index is 1290. The fraction of sp³-hybridized carbons (Fsp3) is 0.464.